The number of pyridine rings is 1. The third-order valence-corrected chi connectivity index (χ3v) is 5.88. The van der Waals surface area contributed by atoms with Crippen molar-refractivity contribution < 1.29 is 14.3 Å². The first kappa shape index (κ1) is 24.6. The number of fused-ring (bicyclic) bond motifs is 1. The first-order valence-corrected chi connectivity index (χ1v) is 12.4. The lowest BCUT2D eigenvalue weighted by atomic mass is 10.1. The molecule has 0 saturated carbocycles. The van der Waals surface area contributed by atoms with Gasteiger partial charge in [-0.3, -0.25) is 4.79 Å². The Kier molecular flexibility index (Phi) is 6.95. The third-order valence-electron chi connectivity index (χ3n) is 5.88. The van der Waals surface area contributed by atoms with Gasteiger partial charge in [-0.1, -0.05) is 6.07 Å². The Labute approximate surface area is 214 Å². The molecule has 192 valence electrons. The molecule has 1 aliphatic heterocycles. The number of carbonyl (C=O) groups is 1. The minimum Gasteiger partial charge on any atom is -0.472 e. The summed E-state index contributed by atoms with van der Waals surface area (Å²) >= 11 is 0. The summed E-state index contributed by atoms with van der Waals surface area (Å²) < 4.78 is 13.4. The molecule has 3 aromatic heterocycles. The number of nitrogens with zero attached hydrogens (tertiary/aromatic N) is 7. The van der Waals surface area contributed by atoms with Gasteiger partial charge in [0.1, 0.15) is 17.8 Å². The average Bonchev–Trinajstić information content (AvgIpc) is 3.39. The minimum absolute atomic E-state index is 0.0470. The minimum atomic E-state index is -0.297. The van der Waals surface area contributed by atoms with E-state index in [2.05, 4.69) is 25.4 Å². The van der Waals surface area contributed by atoms with Crippen LogP contribution in [0.4, 0.5) is 11.6 Å². The highest BCUT2D eigenvalue weighted by molar-refractivity contribution is 6.05. The van der Waals surface area contributed by atoms with E-state index in [4.69, 9.17) is 19.4 Å². The number of hydrogen-bond acceptors (Lipinski definition) is 9. The first-order chi connectivity index (χ1) is 17.9. The molecular formula is C26H30N8O3. The molecule has 1 fully saturated rings. The van der Waals surface area contributed by atoms with Crippen molar-refractivity contribution in [3.8, 4) is 17.4 Å². The lowest BCUT2D eigenvalue weighted by molar-refractivity contribution is 0.102. The fraction of sp³-hybridized carbons (Fsp3) is 0.385. The largest absolute Gasteiger partial charge is 0.472 e. The van der Waals surface area contributed by atoms with E-state index in [1.165, 1.54) is 0 Å². The number of anilines is 2. The molecule has 11 nitrogen and oxygen atoms in total. The van der Waals surface area contributed by atoms with E-state index in [9.17, 15) is 4.79 Å². The van der Waals surface area contributed by atoms with Gasteiger partial charge in [0.05, 0.1) is 30.4 Å². The van der Waals surface area contributed by atoms with Crippen molar-refractivity contribution in [1.29, 1.82) is 0 Å². The molecular weight excluding hydrogens is 472 g/mol. The van der Waals surface area contributed by atoms with Gasteiger partial charge < -0.3 is 24.3 Å². The van der Waals surface area contributed by atoms with E-state index < -0.39 is 0 Å². The second kappa shape index (κ2) is 10.5. The summed E-state index contributed by atoms with van der Waals surface area (Å²) in [5.41, 5.74) is 2.33. The number of hydrogen-bond donors (Lipinski definition) is 1. The Morgan fingerprint density at radius 1 is 1.03 bits per heavy atom. The van der Waals surface area contributed by atoms with Gasteiger partial charge in [0.2, 0.25) is 0 Å². The molecule has 5 rings (SSSR count). The molecule has 0 unspecified atom stereocenters. The van der Waals surface area contributed by atoms with Crippen LogP contribution < -0.4 is 15.0 Å². The summed E-state index contributed by atoms with van der Waals surface area (Å²) in [7, 11) is 0. The zero-order chi connectivity index (χ0) is 25.9. The number of amides is 1. The van der Waals surface area contributed by atoms with Crippen molar-refractivity contribution in [3.63, 3.8) is 0 Å². The lowest BCUT2D eigenvalue weighted by Crippen LogP contribution is -2.37. The fourth-order valence-electron chi connectivity index (χ4n) is 4.07. The third kappa shape index (κ3) is 5.36. The van der Waals surface area contributed by atoms with Crippen LogP contribution in [0.15, 0.2) is 42.7 Å². The topological polar surface area (TPSA) is 120 Å². The Morgan fingerprint density at radius 3 is 2.59 bits per heavy atom. The number of nitrogens with one attached hydrogen (secondary N) is 1. The smallest absolute Gasteiger partial charge is 0.258 e. The Bertz CT molecular complexity index is 1410. The molecule has 0 spiro atoms. The van der Waals surface area contributed by atoms with Crippen molar-refractivity contribution in [1.82, 2.24) is 29.7 Å². The predicted molar refractivity (Wildman–Crippen MR) is 140 cm³/mol. The van der Waals surface area contributed by atoms with Crippen molar-refractivity contribution in [2.45, 2.75) is 39.8 Å². The Balaban J connectivity index is 1.42. The van der Waals surface area contributed by atoms with Gasteiger partial charge in [-0.25, -0.2) is 15.0 Å². The van der Waals surface area contributed by atoms with Crippen molar-refractivity contribution in [2.24, 2.45) is 0 Å². The van der Waals surface area contributed by atoms with Crippen molar-refractivity contribution in [2.75, 3.05) is 36.5 Å². The van der Waals surface area contributed by atoms with Crippen LogP contribution in [-0.4, -0.2) is 68.0 Å². The summed E-state index contributed by atoms with van der Waals surface area (Å²) in [5.74, 6) is 1.90. The normalized spacial score (nSPS) is 13.9. The van der Waals surface area contributed by atoms with Crippen LogP contribution in [0, 0.1) is 0 Å². The van der Waals surface area contributed by atoms with E-state index in [0.29, 0.717) is 71.9 Å². The van der Waals surface area contributed by atoms with Crippen LogP contribution >= 0.6 is 0 Å². The van der Waals surface area contributed by atoms with E-state index >= 15 is 0 Å². The number of aromatic nitrogens is 6. The van der Waals surface area contributed by atoms with E-state index in [0.717, 1.165) is 0 Å². The molecule has 1 N–H and O–H groups in total. The maximum absolute atomic E-state index is 13.1. The number of morpholine rings is 1. The standard InChI is InChI=1S/C26H30N8O3/c1-16(2)34-15-27-32-23(34)20-6-5-7-22(28-20)31-25(35)18-8-9-19-21(14-18)29-24(26(30-19)37-17(3)4)33-10-12-36-13-11-33/h5-9,14-17H,10-13H2,1-4H3,(H,28,31,35). The fourth-order valence-corrected chi connectivity index (χ4v) is 4.07. The molecule has 1 amide bonds. The molecule has 37 heavy (non-hydrogen) atoms. The van der Waals surface area contributed by atoms with Crippen LogP contribution in [0.1, 0.15) is 44.1 Å². The second-order valence-corrected chi connectivity index (χ2v) is 9.34. The van der Waals surface area contributed by atoms with Gasteiger partial charge >= 0.3 is 0 Å². The van der Waals surface area contributed by atoms with Gasteiger partial charge in [-0.2, -0.15) is 0 Å². The average molecular weight is 503 g/mol. The van der Waals surface area contributed by atoms with Crippen molar-refractivity contribution in [3.05, 3.63) is 48.3 Å². The van der Waals surface area contributed by atoms with Crippen LogP contribution in [0.5, 0.6) is 5.88 Å². The lowest BCUT2D eigenvalue weighted by Gasteiger charge is -2.29. The van der Waals surface area contributed by atoms with Gasteiger partial charge in [0.25, 0.3) is 11.8 Å². The molecule has 11 heteroatoms. The molecule has 4 aromatic rings. The highest BCUT2D eigenvalue weighted by Gasteiger charge is 2.21. The van der Waals surface area contributed by atoms with Gasteiger partial charge in [-0.15, -0.1) is 10.2 Å². The zero-order valence-electron chi connectivity index (χ0n) is 21.4. The highest BCUT2D eigenvalue weighted by atomic mass is 16.5. The van der Waals surface area contributed by atoms with E-state index in [1.807, 2.05) is 44.4 Å². The first-order valence-electron chi connectivity index (χ1n) is 12.4. The molecule has 0 aliphatic carbocycles. The second-order valence-electron chi connectivity index (χ2n) is 9.34. The maximum atomic E-state index is 13.1. The summed E-state index contributed by atoms with van der Waals surface area (Å²) in [5, 5.41) is 11.1. The zero-order valence-corrected chi connectivity index (χ0v) is 21.4. The SMILES string of the molecule is CC(C)Oc1nc2ccc(C(=O)Nc3cccc(-c4nncn4C(C)C)n3)cc2nc1N1CCOCC1. The molecule has 0 atom stereocenters. The monoisotopic (exact) mass is 502 g/mol. The maximum Gasteiger partial charge on any atom is 0.258 e. The van der Waals surface area contributed by atoms with Gasteiger partial charge in [0.15, 0.2) is 11.6 Å². The van der Waals surface area contributed by atoms with Crippen LogP contribution in [0.2, 0.25) is 0 Å². The molecule has 1 saturated heterocycles. The molecule has 0 radical (unpaired) electrons. The van der Waals surface area contributed by atoms with Crippen LogP contribution in [0.25, 0.3) is 22.6 Å². The molecule has 1 aromatic carbocycles. The number of rotatable bonds is 7. The molecule has 1 aliphatic rings. The van der Waals surface area contributed by atoms with Gasteiger partial charge in [-0.05, 0) is 58.0 Å². The van der Waals surface area contributed by atoms with E-state index in [-0.39, 0.29) is 18.1 Å². The molecule has 0 bridgehead atoms. The Morgan fingerprint density at radius 2 is 1.84 bits per heavy atom. The number of carbonyl (C=O) groups excluding carboxylic acids is 1. The highest BCUT2D eigenvalue weighted by Crippen LogP contribution is 2.29. The van der Waals surface area contributed by atoms with Crippen molar-refractivity contribution >= 4 is 28.6 Å². The summed E-state index contributed by atoms with van der Waals surface area (Å²) in [6.45, 7) is 10.6. The van der Waals surface area contributed by atoms with Gasteiger partial charge in [0, 0.05) is 24.7 Å². The Hall–Kier alpha value is -4.12. The summed E-state index contributed by atoms with van der Waals surface area (Å²) in [6, 6.07) is 10.8. The number of benzene rings is 1. The van der Waals surface area contributed by atoms with Crippen LogP contribution in [0.3, 0.4) is 0 Å². The number of ether oxygens (including phenoxy) is 2. The summed E-state index contributed by atoms with van der Waals surface area (Å²) in [6.07, 6.45) is 1.63. The predicted octanol–water partition coefficient (Wildman–Crippen LogP) is 3.74. The summed E-state index contributed by atoms with van der Waals surface area (Å²) in [4.78, 5) is 29.4. The van der Waals surface area contributed by atoms with Crippen LogP contribution in [-0.2, 0) is 4.74 Å². The van der Waals surface area contributed by atoms with E-state index in [1.54, 1.807) is 30.6 Å². The quantitative estimate of drug-likeness (QED) is 0.403. The molecule has 4 heterocycles.